The molecule has 0 fully saturated rings. The molecule has 32 heavy (non-hydrogen) atoms. The first-order valence-corrected chi connectivity index (χ1v) is 10.9. The van der Waals surface area contributed by atoms with Gasteiger partial charge in [0.2, 0.25) is 5.91 Å². The van der Waals surface area contributed by atoms with Gasteiger partial charge in [0.1, 0.15) is 0 Å². The van der Waals surface area contributed by atoms with E-state index >= 15 is 0 Å². The van der Waals surface area contributed by atoms with Crippen LogP contribution in [0.1, 0.15) is 27.0 Å². The Kier molecular flexibility index (Phi) is 5.42. The van der Waals surface area contributed by atoms with Gasteiger partial charge in [0.05, 0.1) is 6.42 Å². The number of nitrogens with one attached hydrogen (secondary N) is 1. The van der Waals surface area contributed by atoms with E-state index in [2.05, 4.69) is 29.6 Å². The molecule has 0 aliphatic carbocycles. The van der Waals surface area contributed by atoms with E-state index in [1.807, 2.05) is 71.6 Å². The number of anilines is 1. The van der Waals surface area contributed by atoms with Crippen LogP contribution in [0.2, 0.25) is 0 Å². The van der Waals surface area contributed by atoms with Crippen molar-refractivity contribution in [2.24, 2.45) is 0 Å². The summed E-state index contributed by atoms with van der Waals surface area (Å²) in [5, 5.41) is 5.28. The van der Waals surface area contributed by atoms with Crippen molar-refractivity contribution >= 4 is 28.3 Å². The van der Waals surface area contributed by atoms with Crippen molar-refractivity contribution < 1.29 is 9.59 Å². The lowest BCUT2D eigenvalue weighted by atomic mass is 9.98. The van der Waals surface area contributed by atoms with Crippen molar-refractivity contribution in [3.05, 3.63) is 113 Å². The number of fused-ring (bicyclic) bond motifs is 2. The van der Waals surface area contributed by atoms with E-state index < -0.39 is 0 Å². The fourth-order valence-electron chi connectivity index (χ4n) is 4.40. The first-order chi connectivity index (χ1) is 15.7. The zero-order valence-electron chi connectivity index (χ0n) is 17.8. The maximum atomic E-state index is 12.8. The second kappa shape index (κ2) is 8.67. The third-order valence-electron chi connectivity index (χ3n) is 6.04. The van der Waals surface area contributed by atoms with E-state index in [4.69, 9.17) is 0 Å². The molecule has 0 atom stereocenters. The van der Waals surface area contributed by atoms with Crippen molar-refractivity contribution in [3.63, 3.8) is 0 Å². The second-order valence-corrected chi connectivity index (χ2v) is 8.19. The van der Waals surface area contributed by atoms with E-state index in [1.165, 1.54) is 5.56 Å². The smallest absolute Gasteiger partial charge is 0.254 e. The van der Waals surface area contributed by atoms with Gasteiger partial charge in [0.25, 0.3) is 5.91 Å². The maximum absolute atomic E-state index is 12.8. The first kappa shape index (κ1) is 20.0. The predicted molar refractivity (Wildman–Crippen MR) is 128 cm³/mol. The minimum absolute atomic E-state index is 0.0432. The largest absolute Gasteiger partial charge is 0.334 e. The number of rotatable bonds is 4. The Morgan fingerprint density at radius 2 is 1.59 bits per heavy atom. The van der Waals surface area contributed by atoms with Crippen LogP contribution < -0.4 is 5.32 Å². The number of carbonyl (C=O) groups is 2. The van der Waals surface area contributed by atoms with Crippen molar-refractivity contribution in [2.75, 3.05) is 11.9 Å². The molecule has 4 aromatic carbocycles. The first-order valence-electron chi connectivity index (χ1n) is 10.9. The van der Waals surface area contributed by atoms with Crippen molar-refractivity contribution in [1.29, 1.82) is 0 Å². The van der Waals surface area contributed by atoms with Crippen LogP contribution in [0.3, 0.4) is 0 Å². The standard InChI is InChI=1S/C28H24N2O2/c31-27(18-23-11-6-10-21-7-4-5-12-26(21)23)29-25-14-13-20-15-16-30(19-24(20)17-25)28(32)22-8-2-1-3-9-22/h1-14,17H,15-16,18-19H2,(H,29,31). The molecule has 0 unspecified atom stereocenters. The summed E-state index contributed by atoms with van der Waals surface area (Å²) in [6.45, 7) is 1.25. The summed E-state index contributed by atoms with van der Waals surface area (Å²) in [7, 11) is 0. The predicted octanol–water partition coefficient (Wildman–Crippen LogP) is 5.22. The fraction of sp³-hybridized carbons (Fsp3) is 0.143. The molecule has 1 heterocycles. The number of nitrogens with zero attached hydrogens (tertiary/aromatic N) is 1. The van der Waals surface area contributed by atoms with Crippen LogP contribution in [0.4, 0.5) is 5.69 Å². The summed E-state index contributed by atoms with van der Waals surface area (Å²) in [4.78, 5) is 27.5. The molecular formula is C28H24N2O2. The minimum Gasteiger partial charge on any atom is -0.334 e. The normalized spacial score (nSPS) is 12.9. The van der Waals surface area contributed by atoms with Crippen LogP contribution >= 0.6 is 0 Å². The average molecular weight is 421 g/mol. The third-order valence-corrected chi connectivity index (χ3v) is 6.04. The van der Waals surface area contributed by atoms with Crippen molar-refractivity contribution in [3.8, 4) is 0 Å². The highest BCUT2D eigenvalue weighted by molar-refractivity contribution is 5.96. The Morgan fingerprint density at radius 3 is 2.47 bits per heavy atom. The minimum atomic E-state index is -0.0469. The Bertz CT molecular complexity index is 1290. The molecule has 4 heteroatoms. The lowest BCUT2D eigenvalue weighted by molar-refractivity contribution is -0.115. The molecule has 0 bridgehead atoms. The summed E-state index contributed by atoms with van der Waals surface area (Å²) in [5.41, 5.74) is 4.80. The molecule has 158 valence electrons. The van der Waals surface area contributed by atoms with E-state index in [1.54, 1.807) is 0 Å². The molecule has 4 aromatic rings. The van der Waals surface area contributed by atoms with Crippen LogP contribution in [0, 0.1) is 0 Å². The van der Waals surface area contributed by atoms with Crippen LogP contribution in [0.5, 0.6) is 0 Å². The van der Waals surface area contributed by atoms with Gasteiger partial charge in [-0.25, -0.2) is 0 Å². The SMILES string of the molecule is O=C(Cc1cccc2ccccc12)Nc1ccc2c(c1)CN(C(=O)c1ccccc1)CC2. The van der Waals surface area contributed by atoms with E-state index in [0.717, 1.165) is 34.0 Å². The number of hydrogen-bond acceptors (Lipinski definition) is 2. The van der Waals surface area contributed by atoms with Gasteiger partial charge >= 0.3 is 0 Å². The number of benzene rings is 4. The summed E-state index contributed by atoms with van der Waals surface area (Å²) >= 11 is 0. The van der Waals surface area contributed by atoms with E-state index in [9.17, 15) is 9.59 Å². The molecule has 0 saturated heterocycles. The van der Waals surface area contributed by atoms with Gasteiger partial charge in [0.15, 0.2) is 0 Å². The highest BCUT2D eigenvalue weighted by atomic mass is 16.2. The monoisotopic (exact) mass is 420 g/mol. The topological polar surface area (TPSA) is 49.4 Å². The lowest BCUT2D eigenvalue weighted by Crippen LogP contribution is -2.36. The van der Waals surface area contributed by atoms with Gasteiger partial charge in [-0.2, -0.15) is 0 Å². The maximum Gasteiger partial charge on any atom is 0.254 e. The molecule has 1 aliphatic heterocycles. The van der Waals surface area contributed by atoms with Gasteiger partial charge in [-0.3, -0.25) is 9.59 Å². The summed E-state index contributed by atoms with van der Waals surface area (Å²) in [5.74, 6) is -0.00373. The zero-order chi connectivity index (χ0) is 21.9. The van der Waals surface area contributed by atoms with E-state index in [0.29, 0.717) is 25.1 Å². The molecule has 1 aliphatic rings. The molecule has 0 aromatic heterocycles. The van der Waals surface area contributed by atoms with Crippen molar-refractivity contribution in [1.82, 2.24) is 4.90 Å². The average Bonchev–Trinajstić information content (AvgIpc) is 2.84. The zero-order valence-corrected chi connectivity index (χ0v) is 17.8. The summed E-state index contributed by atoms with van der Waals surface area (Å²) in [6.07, 6.45) is 1.13. The quantitative estimate of drug-likeness (QED) is 0.492. The molecule has 2 amide bonds. The fourth-order valence-corrected chi connectivity index (χ4v) is 4.40. The number of amides is 2. The highest BCUT2D eigenvalue weighted by Gasteiger charge is 2.22. The molecule has 5 rings (SSSR count). The lowest BCUT2D eigenvalue weighted by Gasteiger charge is -2.29. The van der Waals surface area contributed by atoms with Crippen LogP contribution in [0.25, 0.3) is 10.8 Å². The van der Waals surface area contributed by atoms with Gasteiger partial charge in [-0.1, -0.05) is 66.7 Å². The van der Waals surface area contributed by atoms with Crippen LogP contribution in [-0.2, 0) is 24.2 Å². The van der Waals surface area contributed by atoms with Gasteiger partial charge in [-0.15, -0.1) is 0 Å². The Morgan fingerprint density at radius 1 is 0.812 bits per heavy atom. The Hall–Kier alpha value is -3.92. The molecule has 4 nitrogen and oxygen atoms in total. The molecule has 0 spiro atoms. The second-order valence-electron chi connectivity index (χ2n) is 8.19. The number of carbonyl (C=O) groups excluding carboxylic acids is 2. The Balaban J connectivity index is 1.30. The van der Waals surface area contributed by atoms with Crippen LogP contribution in [0.15, 0.2) is 91.0 Å². The van der Waals surface area contributed by atoms with Crippen LogP contribution in [-0.4, -0.2) is 23.3 Å². The molecular weight excluding hydrogens is 396 g/mol. The van der Waals surface area contributed by atoms with Gasteiger partial charge in [0, 0.05) is 24.3 Å². The van der Waals surface area contributed by atoms with Gasteiger partial charge in [-0.05, 0) is 58.1 Å². The molecule has 0 radical (unpaired) electrons. The highest BCUT2D eigenvalue weighted by Crippen LogP contribution is 2.25. The summed E-state index contributed by atoms with van der Waals surface area (Å²) < 4.78 is 0. The third kappa shape index (κ3) is 4.12. The van der Waals surface area contributed by atoms with Gasteiger partial charge < -0.3 is 10.2 Å². The van der Waals surface area contributed by atoms with Crippen molar-refractivity contribution in [2.45, 2.75) is 19.4 Å². The Labute approximate surface area is 187 Å². The summed E-state index contributed by atoms with van der Waals surface area (Å²) in [6, 6.07) is 29.6. The molecule has 0 saturated carbocycles. The van der Waals surface area contributed by atoms with E-state index in [-0.39, 0.29) is 11.8 Å². The number of hydrogen-bond donors (Lipinski definition) is 1. The molecule has 1 N–H and O–H groups in total.